The van der Waals surface area contributed by atoms with Gasteiger partial charge in [-0.15, -0.1) is 53.6 Å². The van der Waals surface area contributed by atoms with Crippen molar-refractivity contribution in [2.75, 3.05) is 0 Å². The van der Waals surface area contributed by atoms with Gasteiger partial charge in [0.2, 0.25) is 0 Å². The van der Waals surface area contributed by atoms with Gasteiger partial charge >= 0.3 is 0 Å². The first kappa shape index (κ1) is 28.1. The van der Waals surface area contributed by atoms with E-state index in [-0.39, 0.29) is 25.7 Å². The zero-order valence-corrected chi connectivity index (χ0v) is 31.4. The van der Waals surface area contributed by atoms with Crippen molar-refractivity contribution in [3.8, 4) is 22.6 Å². The van der Waals surface area contributed by atoms with Crippen LogP contribution in [0.5, 0.6) is 0 Å². The van der Waals surface area contributed by atoms with Crippen LogP contribution < -0.4 is 5.19 Å². The fraction of sp³-hybridized carbons (Fsp3) is 0.275. The molecule has 0 aliphatic carbocycles. The summed E-state index contributed by atoms with van der Waals surface area (Å²) in [5, 5.41) is 3.20. The van der Waals surface area contributed by atoms with Crippen molar-refractivity contribution in [1.82, 2.24) is 19.5 Å². The molecule has 0 saturated heterocycles. The van der Waals surface area contributed by atoms with Crippen molar-refractivity contribution in [3.63, 3.8) is 0 Å². The summed E-state index contributed by atoms with van der Waals surface area (Å²) in [7, 11) is 0.197. The Bertz CT molecular complexity index is 2390. The molecule has 0 amide bonds. The summed E-state index contributed by atoms with van der Waals surface area (Å²) < 4.78 is 48.2. The molecule has 0 bridgehead atoms. The molecule has 47 heavy (non-hydrogen) atoms. The molecule has 243 valence electrons. The SMILES string of the molecule is Cc1nccc2nc(-c3[c-]ccc4c3oc3ccccc34)n(C)c12.[2H]C([2H])([2H])c1c[c-]c(-c2cc(C([2H])([2H])C(C)(C)C)c([Si](C)(C)C)cn2)cc1.[Ir]. The minimum Gasteiger partial charge on any atom is -0.501 e. The minimum absolute atomic E-state index is 0. The van der Waals surface area contributed by atoms with E-state index in [2.05, 4.69) is 52.4 Å². The van der Waals surface area contributed by atoms with Gasteiger partial charge in [-0.3, -0.25) is 9.97 Å². The molecule has 0 fully saturated rings. The van der Waals surface area contributed by atoms with E-state index in [9.17, 15) is 0 Å². The Morgan fingerprint density at radius 1 is 1.00 bits per heavy atom. The van der Waals surface area contributed by atoms with Crippen LogP contribution >= 0.6 is 0 Å². The second-order valence-electron chi connectivity index (χ2n) is 13.7. The Morgan fingerprint density at radius 2 is 1.79 bits per heavy atom. The van der Waals surface area contributed by atoms with Crippen LogP contribution in [0.1, 0.15) is 44.4 Å². The number of benzene rings is 3. The molecule has 0 aliphatic rings. The number of nitrogens with zero attached hydrogens (tertiary/aromatic N) is 4. The van der Waals surface area contributed by atoms with E-state index < -0.39 is 26.7 Å². The molecule has 7 aromatic rings. The third kappa shape index (κ3) is 7.18. The Hall–Kier alpha value is -3.90. The standard InChI is InChI=1S/C20H14N3O.C20H28NSi.Ir/c1-12-18-16(10-11-21-12)22-20(23(18)2)15-8-5-7-14-13-6-3-4-9-17(13)24-19(14)15;1-15-8-10-16(11-9-15)18-12-17(13-20(2,3)4)19(14-21-18)22(5,6)7;/h3-7,9-11H,1-2H3;8-10,12,14H,13H2,1-7H3;/q2*-1;/i;1D3,13D2;. The quantitative estimate of drug-likeness (QED) is 0.131. The van der Waals surface area contributed by atoms with Gasteiger partial charge < -0.3 is 14.0 Å². The molecular formula is C40H42IrN4OSi-2. The third-order valence-electron chi connectivity index (χ3n) is 7.84. The second-order valence-corrected chi connectivity index (χ2v) is 18.7. The van der Waals surface area contributed by atoms with Crippen molar-refractivity contribution in [2.45, 2.75) is 60.6 Å². The van der Waals surface area contributed by atoms with E-state index in [0.717, 1.165) is 55.2 Å². The van der Waals surface area contributed by atoms with Gasteiger partial charge in [-0.05, 0) is 41.7 Å². The first-order valence-electron chi connectivity index (χ1n) is 17.9. The molecular weight excluding hydrogens is 773 g/mol. The van der Waals surface area contributed by atoms with Gasteiger partial charge in [-0.25, -0.2) is 0 Å². The number of hydrogen-bond donors (Lipinski definition) is 0. The van der Waals surface area contributed by atoms with Crippen molar-refractivity contribution >= 4 is 46.2 Å². The summed E-state index contributed by atoms with van der Waals surface area (Å²) in [4.78, 5) is 13.7. The van der Waals surface area contributed by atoms with Crippen molar-refractivity contribution < 1.29 is 31.4 Å². The van der Waals surface area contributed by atoms with Crippen LogP contribution in [0.25, 0.3) is 55.6 Å². The number of rotatable bonds is 4. The molecule has 7 heteroatoms. The zero-order chi connectivity index (χ0) is 37.1. The average molecular weight is 820 g/mol. The Kier molecular flexibility index (Phi) is 7.97. The van der Waals surface area contributed by atoms with Crippen molar-refractivity contribution in [3.05, 3.63) is 108 Å². The van der Waals surface area contributed by atoms with Gasteiger partial charge in [0.25, 0.3) is 0 Å². The minimum atomic E-state index is -2.17. The monoisotopic (exact) mass is 820 g/mol. The Balaban J connectivity index is 0.000000198. The topological polar surface area (TPSA) is 56.7 Å². The third-order valence-corrected chi connectivity index (χ3v) is 9.85. The van der Waals surface area contributed by atoms with Crippen molar-refractivity contribution in [2.24, 2.45) is 12.5 Å². The van der Waals surface area contributed by atoms with Gasteiger partial charge in [0.05, 0.1) is 36.2 Å². The maximum absolute atomic E-state index is 8.79. The van der Waals surface area contributed by atoms with Crippen LogP contribution in [0, 0.1) is 31.3 Å². The Labute approximate surface area is 299 Å². The van der Waals surface area contributed by atoms with E-state index in [1.165, 1.54) is 6.07 Å². The van der Waals surface area contributed by atoms with Crippen LogP contribution in [0.4, 0.5) is 0 Å². The molecule has 0 atom stereocenters. The number of fused-ring (bicyclic) bond motifs is 4. The van der Waals surface area contributed by atoms with Crippen LogP contribution in [0.2, 0.25) is 19.6 Å². The van der Waals surface area contributed by atoms with E-state index in [1.54, 1.807) is 24.5 Å². The zero-order valence-electron chi connectivity index (χ0n) is 33.0. The first-order chi connectivity index (χ1) is 23.8. The number of aryl methyl sites for hydroxylation is 3. The predicted molar refractivity (Wildman–Crippen MR) is 194 cm³/mol. The molecule has 5 nitrogen and oxygen atoms in total. The molecule has 7 rings (SSSR count). The number of imidazole rings is 1. The van der Waals surface area contributed by atoms with E-state index in [0.29, 0.717) is 16.8 Å². The smallest absolute Gasteiger partial charge is 0.120 e. The van der Waals surface area contributed by atoms with Crippen LogP contribution in [-0.4, -0.2) is 27.6 Å². The number of aromatic nitrogens is 4. The molecule has 4 aromatic heterocycles. The van der Waals surface area contributed by atoms with Gasteiger partial charge in [-0.2, -0.15) is 0 Å². The molecule has 0 spiro atoms. The maximum atomic E-state index is 8.79. The maximum Gasteiger partial charge on any atom is 0.120 e. The Morgan fingerprint density at radius 3 is 2.47 bits per heavy atom. The van der Waals surface area contributed by atoms with Gasteiger partial charge in [0.1, 0.15) is 5.58 Å². The summed E-state index contributed by atoms with van der Waals surface area (Å²) in [6.07, 6.45) is 2.06. The fourth-order valence-electron chi connectivity index (χ4n) is 5.72. The van der Waals surface area contributed by atoms with Crippen LogP contribution in [-0.2, 0) is 33.5 Å². The summed E-state index contributed by atoms with van der Waals surface area (Å²) >= 11 is 0. The molecule has 3 aromatic carbocycles. The molecule has 0 saturated carbocycles. The average Bonchev–Trinajstić information content (AvgIpc) is 3.62. The predicted octanol–water partition coefficient (Wildman–Crippen LogP) is 9.63. The number of para-hydroxylation sites is 1. The number of pyridine rings is 2. The summed E-state index contributed by atoms with van der Waals surface area (Å²) in [5.74, 6) is 0.839. The summed E-state index contributed by atoms with van der Waals surface area (Å²) in [5.41, 5.74) is 7.11. The van der Waals surface area contributed by atoms with E-state index >= 15 is 0 Å². The normalized spacial score (nSPS) is 14.0. The van der Waals surface area contributed by atoms with Gasteiger partial charge in [-0.1, -0.05) is 88.0 Å². The van der Waals surface area contributed by atoms with Crippen LogP contribution in [0.15, 0.2) is 83.5 Å². The molecule has 1 radical (unpaired) electrons. The largest absolute Gasteiger partial charge is 0.501 e. The first-order valence-corrected chi connectivity index (χ1v) is 18.9. The van der Waals surface area contributed by atoms with E-state index in [4.69, 9.17) is 16.3 Å². The van der Waals surface area contributed by atoms with Crippen molar-refractivity contribution in [1.29, 1.82) is 0 Å². The van der Waals surface area contributed by atoms with Crippen LogP contribution in [0.3, 0.4) is 0 Å². The molecule has 0 aliphatic heterocycles. The number of furan rings is 1. The summed E-state index contributed by atoms with van der Waals surface area (Å²) in [6.45, 7) is 12.1. The second kappa shape index (κ2) is 13.3. The molecule has 4 heterocycles. The molecule has 0 unspecified atom stereocenters. The van der Waals surface area contributed by atoms with Gasteiger partial charge in [0.15, 0.2) is 0 Å². The van der Waals surface area contributed by atoms with Gasteiger partial charge in [0, 0.05) is 51.8 Å². The number of hydrogen-bond acceptors (Lipinski definition) is 4. The molecule has 0 N–H and O–H groups in total. The fourth-order valence-corrected chi connectivity index (χ4v) is 7.11. The van der Waals surface area contributed by atoms with E-state index in [1.807, 2.05) is 77.2 Å². The summed E-state index contributed by atoms with van der Waals surface area (Å²) in [6, 6.07) is 26.8.